The van der Waals surface area contributed by atoms with E-state index in [4.69, 9.17) is 11.2 Å². The molecular formula is C15H15N3O2. The van der Waals surface area contributed by atoms with Crippen molar-refractivity contribution in [3.63, 3.8) is 0 Å². The molecule has 0 aliphatic carbocycles. The van der Waals surface area contributed by atoms with Crippen molar-refractivity contribution >= 4 is 6.09 Å². The van der Waals surface area contributed by atoms with Gasteiger partial charge in [0.05, 0.1) is 5.69 Å². The Bertz CT molecular complexity index is 599. The zero-order valence-electron chi connectivity index (χ0n) is 11.0. The first kappa shape index (κ1) is 13.7. The Kier molecular flexibility index (Phi) is 4.79. The summed E-state index contributed by atoms with van der Waals surface area (Å²) < 4.78 is 6.63. The second-order valence-electron chi connectivity index (χ2n) is 4.12. The van der Waals surface area contributed by atoms with Crippen molar-refractivity contribution in [1.82, 2.24) is 14.9 Å². The van der Waals surface area contributed by atoms with Gasteiger partial charge in [-0.2, -0.15) is 0 Å². The summed E-state index contributed by atoms with van der Waals surface area (Å²) in [6, 6.07) is 11.8. The molecule has 1 heterocycles. The van der Waals surface area contributed by atoms with Crippen LogP contribution in [-0.2, 0) is 17.8 Å². The SMILES string of the molecule is C#CNCCc1cncn1C(=O)OCc1ccccc1. The Morgan fingerprint density at radius 2 is 2.20 bits per heavy atom. The zero-order valence-corrected chi connectivity index (χ0v) is 11.0. The number of nitrogens with zero attached hydrogens (tertiary/aromatic N) is 2. The molecule has 0 aliphatic heterocycles. The highest BCUT2D eigenvalue weighted by molar-refractivity contribution is 5.71. The van der Waals surface area contributed by atoms with Gasteiger partial charge in [0.15, 0.2) is 0 Å². The van der Waals surface area contributed by atoms with Crippen molar-refractivity contribution in [2.24, 2.45) is 0 Å². The number of benzene rings is 1. The molecule has 0 fully saturated rings. The van der Waals surface area contributed by atoms with Gasteiger partial charge >= 0.3 is 6.09 Å². The second-order valence-corrected chi connectivity index (χ2v) is 4.12. The Labute approximate surface area is 117 Å². The molecule has 0 saturated heterocycles. The molecule has 0 bridgehead atoms. The molecule has 0 aliphatic rings. The normalized spacial score (nSPS) is 9.75. The topological polar surface area (TPSA) is 56.2 Å². The number of ether oxygens (including phenoxy) is 1. The summed E-state index contributed by atoms with van der Waals surface area (Å²) in [6.45, 7) is 0.814. The molecule has 0 radical (unpaired) electrons. The number of imidazole rings is 1. The van der Waals surface area contributed by atoms with Crippen LogP contribution in [0.1, 0.15) is 11.3 Å². The van der Waals surface area contributed by atoms with Gasteiger partial charge in [0.25, 0.3) is 0 Å². The molecule has 5 nitrogen and oxygen atoms in total. The molecule has 0 saturated carbocycles. The van der Waals surface area contributed by atoms with Crippen LogP contribution in [0, 0.1) is 12.5 Å². The van der Waals surface area contributed by atoms with E-state index in [2.05, 4.69) is 16.3 Å². The van der Waals surface area contributed by atoms with Crippen LogP contribution in [0.15, 0.2) is 42.9 Å². The summed E-state index contributed by atoms with van der Waals surface area (Å²) in [6.07, 6.45) is 8.33. The van der Waals surface area contributed by atoms with Crippen LogP contribution in [0.3, 0.4) is 0 Å². The Balaban J connectivity index is 1.92. The number of aromatic nitrogens is 2. The molecule has 102 valence electrons. The molecule has 0 amide bonds. The van der Waals surface area contributed by atoms with Crippen LogP contribution in [0.2, 0.25) is 0 Å². The maximum absolute atomic E-state index is 12.0. The monoisotopic (exact) mass is 269 g/mol. The number of terminal acetylenes is 1. The summed E-state index contributed by atoms with van der Waals surface area (Å²) in [5.74, 6) is 0. The van der Waals surface area contributed by atoms with Gasteiger partial charge in [0, 0.05) is 25.2 Å². The second kappa shape index (κ2) is 7.00. The van der Waals surface area contributed by atoms with E-state index in [0.717, 1.165) is 11.3 Å². The predicted molar refractivity (Wildman–Crippen MR) is 74.8 cm³/mol. The van der Waals surface area contributed by atoms with E-state index in [-0.39, 0.29) is 6.61 Å². The Morgan fingerprint density at radius 3 is 2.95 bits per heavy atom. The lowest BCUT2D eigenvalue weighted by Gasteiger charge is -2.08. The van der Waals surface area contributed by atoms with Gasteiger partial charge in [0.1, 0.15) is 12.9 Å². The minimum atomic E-state index is -0.443. The highest BCUT2D eigenvalue weighted by Gasteiger charge is 2.11. The first-order valence-electron chi connectivity index (χ1n) is 6.22. The standard InChI is InChI=1S/C15H15N3O2/c1-2-16-9-8-14-10-17-12-18(14)15(19)20-11-13-6-4-3-5-7-13/h1,3-7,10,12,16H,8-9,11H2. The number of hydrogen-bond acceptors (Lipinski definition) is 4. The van der Waals surface area contributed by atoms with Gasteiger partial charge in [-0.25, -0.2) is 14.3 Å². The van der Waals surface area contributed by atoms with E-state index in [9.17, 15) is 4.79 Å². The first-order valence-corrected chi connectivity index (χ1v) is 6.22. The first-order chi connectivity index (χ1) is 9.81. The molecular weight excluding hydrogens is 254 g/mol. The lowest BCUT2D eigenvalue weighted by molar-refractivity contribution is 0.140. The third-order valence-electron chi connectivity index (χ3n) is 2.73. The third kappa shape index (κ3) is 3.62. The fourth-order valence-corrected chi connectivity index (χ4v) is 1.72. The molecule has 2 rings (SSSR count). The van der Waals surface area contributed by atoms with E-state index in [0.29, 0.717) is 13.0 Å². The maximum atomic E-state index is 12.0. The fraction of sp³-hybridized carbons (Fsp3) is 0.200. The van der Waals surface area contributed by atoms with Crippen molar-refractivity contribution in [1.29, 1.82) is 0 Å². The van der Waals surface area contributed by atoms with Gasteiger partial charge in [-0.15, -0.1) is 0 Å². The molecule has 1 aromatic heterocycles. The fourth-order valence-electron chi connectivity index (χ4n) is 1.72. The van der Waals surface area contributed by atoms with Crippen molar-refractivity contribution in [3.05, 3.63) is 54.1 Å². The summed E-state index contributed by atoms with van der Waals surface area (Å²) in [4.78, 5) is 15.9. The number of nitrogens with one attached hydrogen (secondary N) is 1. The molecule has 0 unspecified atom stereocenters. The molecule has 0 spiro atoms. The lowest BCUT2D eigenvalue weighted by atomic mass is 10.2. The van der Waals surface area contributed by atoms with E-state index in [1.54, 1.807) is 6.20 Å². The summed E-state index contributed by atoms with van der Waals surface area (Å²) in [5, 5.41) is 2.75. The predicted octanol–water partition coefficient (Wildman–Crippen LogP) is 1.79. The largest absolute Gasteiger partial charge is 0.444 e. The highest BCUT2D eigenvalue weighted by atomic mass is 16.5. The van der Waals surface area contributed by atoms with Crippen LogP contribution in [0.4, 0.5) is 4.79 Å². The van der Waals surface area contributed by atoms with Crippen LogP contribution in [-0.4, -0.2) is 22.2 Å². The Hall–Kier alpha value is -2.74. The molecule has 1 N–H and O–H groups in total. The average Bonchev–Trinajstić information content (AvgIpc) is 2.95. The molecule has 0 atom stereocenters. The van der Waals surface area contributed by atoms with Gasteiger partial charge in [-0.05, 0) is 5.56 Å². The molecule has 1 aromatic carbocycles. The van der Waals surface area contributed by atoms with Crippen LogP contribution < -0.4 is 5.32 Å². The third-order valence-corrected chi connectivity index (χ3v) is 2.73. The summed E-state index contributed by atoms with van der Waals surface area (Å²) >= 11 is 0. The average molecular weight is 269 g/mol. The number of carbonyl (C=O) groups is 1. The van der Waals surface area contributed by atoms with E-state index < -0.39 is 6.09 Å². The van der Waals surface area contributed by atoms with Gasteiger partial charge in [0.2, 0.25) is 0 Å². The lowest BCUT2D eigenvalue weighted by Crippen LogP contribution is -2.18. The van der Waals surface area contributed by atoms with Gasteiger partial charge in [-0.1, -0.05) is 36.8 Å². The van der Waals surface area contributed by atoms with Crippen molar-refractivity contribution in [2.45, 2.75) is 13.0 Å². The number of carbonyl (C=O) groups excluding carboxylic acids is 1. The van der Waals surface area contributed by atoms with Crippen LogP contribution >= 0.6 is 0 Å². The molecule has 20 heavy (non-hydrogen) atoms. The quantitative estimate of drug-likeness (QED) is 0.511. The summed E-state index contributed by atoms with van der Waals surface area (Å²) in [5.41, 5.74) is 1.70. The van der Waals surface area contributed by atoms with Gasteiger partial charge < -0.3 is 10.1 Å². The maximum Gasteiger partial charge on any atom is 0.419 e. The van der Waals surface area contributed by atoms with E-state index in [1.807, 2.05) is 30.3 Å². The van der Waals surface area contributed by atoms with Crippen molar-refractivity contribution < 1.29 is 9.53 Å². The summed E-state index contributed by atoms with van der Waals surface area (Å²) in [7, 11) is 0. The van der Waals surface area contributed by atoms with Crippen molar-refractivity contribution in [2.75, 3.05) is 6.54 Å². The smallest absolute Gasteiger partial charge is 0.419 e. The highest BCUT2D eigenvalue weighted by Crippen LogP contribution is 2.05. The molecule has 2 aromatic rings. The minimum Gasteiger partial charge on any atom is -0.444 e. The van der Waals surface area contributed by atoms with Crippen molar-refractivity contribution in [3.8, 4) is 12.5 Å². The number of rotatable bonds is 5. The Morgan fingerprint density at radius 1 is 1.40 bits per heavy atom. The van der Waals surface area contributed by atoms with Crippen LogP contribution in [0.5, 0.6) is 0 Å². The number of hydrogen-bond donors (Lipinski definition) is 1. The minimum absolute atomic E-state index is 0.236. The van der Waals surface area contributed by atoms with Crippen LogP contribution in [0.25, 0.3) is 0 Å². The zero-order chi connectivity index (χ0) is 14.2. The van der Waals surface area contributed by atoms with E-state index in [1.165, 1.54) is 10.9 Å². The molecule has 5 heteroatoms. The van der Waals surface area contributed by atoms with E-state index >= 15 is 0 Å². The van der Waals surface area contributed by atoms with Gasteiger partial charge in [-0.3, -0.25) is 0 Å².